The Hall–Kier alpha value is -0.610. The van der Waals surface area contributed by atoms with Gasteiger partial charge >= 0.3 is 5.97 Å². The largest absolute Gasteiger partial charge is 0.480 e. The van der Waals surface area contributed by atoms with Gasteiger partial charge in [-0.25, -0.2) is 0 Å². The standard InChI is InChI=1S/C16H25NO3/c18-15(19)14(17-3-1-2-4-17)16(20)12-6-10-5-11(8-12)9-13(16)7-10/h10-14,20H,1-9H2,(H,18,19). The molecule has 1 saturated heterocycles. The molecule has 1 heterocycles. The molecule has 0 radical (unpaired) electrons. The minimum absolute atomic E-state index is 0.223. The Labute approximate surface area is 120 Å². The van der Waals surface area contributed by atoms with Crippen LogP contribution in [-0.2, 0) is 4.79 Å². The van der Waals surface area contributed by atoms with E-state index < -0.39 is 17.6 Å². The van der Waals surface area contributed by atoms with Crippen LogP contribution < -0.4 is 0 Å². The van der Waals surface area contributed by atoms with Gasteiger partial charge in [-0.1, -0.05) is 0 Å². The summed E-state index contributed by atoms with van der Waals surface area (Å²) in [6, 6.07) is -0.667. The van der Waals surface area contributed by atoms with E-state index in [0.717, 1.165) is 63.5 Å². The van der Waals surface area contributed by atoms with Crippen LogP contribution >= 0.6 is 0 Å². The number of carbonyl (C=O) groups is 1. The molecule has 4 nitrogen and oxygen atoms in total. The molecule has 0 aromatic rings. The van der Waals surface area contributed by atoms with Gasteiger partial charge < -0.3 is 10.2 Å². The zero-order valence-corrected chi connectivity index (χ0v) is 12.0. The van der Waals surface area contributed by atoms with Crippen molar-refractivity contribution < 1.29 is 15.0 Å². The summed E-state index contributed by atoms with van der Waals surface area (Å²) >= 11 is 0. The Morgan fingerprint density at radius 1 is 1.00 bits per heavy atom. The molecule has 0 spiro atoms. The Bertz CT molecular complexity index is 388. The summed E-state index contributed by atoms with van der Waals surface area (Å²) in [5.41, 5.74) is -0.969. The minimum atomic E-state index is -0.969. The molecule has 0 aromatic carbocycles. The van der Waals surface area contributed by atoms with Crippen molar-refractivity contribution in [1.82, 2.24) is 4.90 Å². The van der Waals surface area contributed by atoms with Crippen molar-refractivity contribution in [3.05, 3.63) is 0 Å². The van der Waals surface area contributed by atoms with Gasteiger partial charge in [0.25, 0.3) is 0 Å². The summed E-state index contributed by atoms with van der Waals surface area (Å²) in [6.07, 6.45) is 7.69. The van der Waals surface area contributed by atoms with Crippen molar-refractivity contribution in [3.63, 3.8) is 0 Å². The molecule has 2 N–H and O–H groups in total. The highest BCUT2D eigenvalue weighted by Gasteiger charge is 2.62. The first-order valence-electron chi connectivity index (χ1n) is 8.28. The number of carboxylic acids is 1. The second-order valence-corrected chi connectivity index (χ2v) is 7.68. The number of nitrogens with zero attached hydrogens (tertiary/aromatic N) is 1. The first-order valence-corrected chi connectivity index (χ1v) is 8.28. The highest BCUT2D eigenvalue weighted by Crippen LogP contribution is 2.59. The molecular formula is C16H25NO3. The number of hydrogen-bond acceptors (Lipinski definition) is 3. The van der Waals surface area contributed by atoms with Crippen LogP contribution in [0.2, 0.25) is 0 Å². The van der Waals surface area contributed by atoms with Crippen molar-refractivity contribution in [2.75, 3.05) is 13.1 Å². The molecule has 5 fully saturated rings. The summed E-state index contributed by atoms with van der Waals surface area (Å²) in [5.74, 6) is 1.15. The molecule has 112 valence electrons. The van der Waals surface area contributed by atoms with E-state index in [0.29, 0.717) is 0 Å². The average Bonchev–Trinajstić information content (AvgIpc) is 2.88. The first-order chi connectivity index (χ1) is 9.59. The number of carboxylic acid groups (broad SMARTS) is 1. The third kappa shape index (κ3) is 1.70. The van der Waals surface area contributed by atoms with Crippen LogP contribution in [-0.4, -0.2) is 45.8 Å². The second-order valence-electron chi connectivity index (χ2n) is 7.68. The maximum Gasteiger partial charge on any atom is 0.323 e. The van der Waals surface area contributed by atoms with E-state index >= 15 is 0 Å². The normalized spacial score (nSPS) is 48.6. The van der Waals surface area contributed by atoms with Gasteiger partial charge in [-0.15, -0.1) is 0 Å². The Balaban J connectivity index is 1.68. The molecule has 4 bridgehead atoms. The lowest BCUT2D eigenvalue weighted by molar-refractivity contribution is -0.212. The number of rotatable bonds is 3. The van der Waals surface area contributed by atoms with Crippen molar-refractivity contribution in [1.29, 1.82) is 0 Å². The molecule has 0 aromatic heterocycles. The molecule has 4 saturated carbocycles. The Kier molecular flexibility index (Phi) is 2.90. The van der Waals surface area contributed by atoms with Crippen LogP contribution in [0.3, 0.4) is 0 Å². The smallest absolute Gasteiger partial charge is 0.323 e. The van der Waals surface area contributed by atoms with Crippen LogP contribution in [0.25, 0.3) is 0 Å². The lowest BCUT2D eigenvalue weighted by Gasteiger charge is -2.61. The Morgan fingerprint density at radius 3 is 1.95 bits per heavy atom. The van der Waals surface area contributed by atoms with E-state index in [1.807, 2.05) is 4.90 Å². The SMILES string of the molecule is O=C(O)C(N1CCCC1)C1(O)C2CC3CC(C2)CC1C3. The van der Waals surface area contributed by atoms with Crippen LogP contribution in [0, 0.1) is 23.7 Å². The molecule has 20 heavy (non-hydrogen) atoms. The number of hydrogen-bond donors (Lipinski definition) is 2. The first kappa shape index (κ1) is 13.1. The number of likely N-dealkylation sites (tertiary alicyclic amines) is 1. The minimum Gasteiger partial charge on any atom is -0.480 e. The highest BCUT2D eigenvalue weighted by atomic mass is 16.4. The Morgan fingerprint density at radius 2 is 1.50 bits per heavy atom. The molecule has 1 unspecified atom stereocenters. The van der Waals surface area contributed by atoms with Crippen LogP contribution in [0.15, 0.2) is 0 Å². The molecule has 0 amide bonds. The number of aliphatic hydroxyl groups is 1. The van der Waals surface area contributed by atoms with E-state index in [1.165, 1.54) is 6.42 Å². The maximum absolute atomic E-state index is 11.9. The zero-order valence-electron chi connectivity index (χ0n) is 12.0. The molecular weight excluding hydrogens is 254 g/mol. The fraction of sp³-hybridized carbons (Fsp3) is 0.938. The summed E-state index contributed by atoms with van der Waals surface area (Å²) in [7, 11) is 0. The third-order valence-electron chi connectivity index (χ3n) is 6.62. The summed E-state index contributed by atoms with van der Waals surface area (Å²) < 4.78 is 0. The van der Waals surface area contributed by atoms with Gasteiger partial charge in [0.05, 0.1) is 5.60 Å². The maximum atomic E-state index is 11.9. The molecule has 1 aliphatic heterocycles. The predicted molar refractivity (Wildman–Crippen MR) is 74.2 cm³/mol. The van der Waals surface area contributed by atoms with Gasteiger partial charge in [-0.3, -0.25) is 9.69 Å². The van der Waals surface area contributed by atoms with Gasteiger partial charge in [-0.05, 0) is 81.7 Å². The van der Waals surface area contributed by atoms with Crippen molar-refractivity contribution in [3.8, 4) is 0 Å². The van der Waals surface area contributed by atoms with Crippen LogP contribution in [0.4, 0.5) is 0 Å². The summed E-state index contributed by atoms with van der Waals surface area (Å²) in [5, 5.41) is 21.2. The highest BCUT2D eigenvalue weighted by molar-refractivity contribution is 5.75. The van der Waals surface area contributed by atoms with Crippen molar-refractivity contribution in [2.45, 2.75) is 56.6 Å². The third-order valence-corrected chi connectivity index (χ3v) is 6.62. The second kappa shape index (κ2) is 4.44. The van der Waals surface area contributed by atoms with Crippen molar-refractivity contribution >= 4 is 5.97 Å². The molecule has 5 rings (SSSR count). The monoisotopic (exact) mass is 279 g/mol. The van der Waals surface area contributed by atoms with Gasteiger partial charge in [0.15, 0.2) is 0 Å². The van der Waals surface area contributed by atoms with Crippen LogP contribution in [0.1, 0.15) is 44.9 Å². The molecule has 4 heteroatoms. The zero-order chi connectivity index (χ0) is 13.9. The fourth-order valence-electron chi connectivity index (χ4n) is 6.03. The van der Waals surface area contributed by atoms with E-state index in [9.17, 15) is 15.0 Å². The predicted octanol–water partition coefficient (Wildman–Crippen LogP) is 1.72. The lowest BCUT2D eigenvalue weighted by atomic mass is 9.48. The van der Waals surface area contributed by atoms with Gasteiger partial charge in [0, 0.05) is 0 Å². The van der Waals surface area contributed by atoms with E-state index in [2.05, 4.69) is 0 Å². The van der Waals surface area contributed by atoms with Gasteiger partial charge in [0.1, 0.15) is 6.04 Å². The van der Waals surface area contributed by atoms with Gasteiger partial charge in [0.2, 0.25) is 0 Å². The van der Waals surface area contributed by atoms with E-state index in [1.54, 1.807) is 0 Å². The lowest BCUT2D eigenvalue weighted by Crippen LogP contribution is -2.68. The van der Waals surface area contributed by atoms with E-state index in [4.69, 9.17) is 0 Å². The molecule has 4 aliphatic carbocycles. The van der Waals surface area contributed by atoms with Gasteiger partial charge in [-0.2, -0.15) is 0 Å². The quantitative estimate of drug-likeness (QED) is 0.826. The fourth-order valence-corrected chi connectivity index (χ4v) is 6.03. The average molecular weight is 279 g/mol. The number of aliphatic carboxylic acids is 1. The summed E-state index contributed by atoms with van der Waals surface area (Å²) in [4.78, 5) is 14.0. The molecule has 5 aliphatic rings. The molecule has 1 atom stereocenters. The van der Waals surface area contributed by atoms with Crippen LogP contribution in [0.5, 0.6) is 0 Å². The summed E-state index contributed by atoms with van der Waals surface area (Å²) in [6.45, 7) is 1.68. The van der Waals surface area contributed by atoms with E-state index in [-0.39, 0.29) is 11.8 Å². The van der Waals surface area contributed by atoms with Crippen molar-refractivity contribution in [2.24, 2.45) is 23.7 Å². The topological polar surface area (TPSA) is 60.8 Å².